The molecular weight excluding hydrogens is 485 g/mol. The molecule has 4 aromatic carbocycles. The molecule has 5 rings (SSSR count). The Labute approximate surface area is 208 Å². The third-order valence-corrected chi connectivity index (χ3v) is 5.94. The molecule has 0 unspecified atom stereocenters. The van der Waals surface area contributed by atoms with Gasteiger partial charge < -0.3 is 13.9 Å². The van der Waals surface area contributed by atoms with Crippen molar-refractivity contribution in [2.45, 2.75) is 6.18 Å². The van der Waals surface area contributed by atoms with Crippen molar-refractivity contribution < 1.29 is 31.9 Å². The second-order valence-electron chi connectivity index (χ2n) is 8.29. The molecule has 0 aliphatic rings. The highest BCUT2D eigenvalue weighted by atomic mass is 19.4. The molecule has 0 N–H and O–H groups in total. The highest BCUT2D eigenvalue weighted by Crippen LogP contribution is 2.38. The van der Waals surface area contributed by atoms with Crippen LogP contribution < -0.4 is 14.9 Å². The molecule has 0 amide bonds. The second-order valence-corrected chi connectivity index (χ2v) is 8.29. The van der Waals surface area contributed by atoms with E-state index < -0.39 is 22.9 Å². The lowest BCUT2D eigenvalue weighted by atomic mass is 10.0. The number of carbonyl (C=O) groups is 1. The molecule has 37 heavy (non-hydrogen) atoms. The Hall–Kier alpha value is -4.59. The van der Waals surface area contributed by atoms with Crippen molar-refractivity contribution >= 4 is 27.5 Å². The van der Waals surface area contributed by atoms with E-state index in [0.717, 1.165) is 10.8 Å². The van der Waals surface area contributed by atoms with Gasteiger partial charge >= 0.3 is 6.18 Å². The fraction of sp³-hybridized carbons (Fsp3) is 0.103. The van der Waals surface area contributed by atoms with Crippen LogP contribution in [0.1, 0.15) is 16.1 Å². The number of ketones is 1. The highest BCUT2D eigenvalue weighted by Gasteiger charge is 2.39. The number of rotatable bonds is 6. The van der Waals surface area contributed by atoms with Crippen molar-refractivity contribution in [3.05, 3.63) is 106 Å². The average molecular weight is 504 g/mol. The zero-order chi connectivity index (χ0) is 26.2. The summed E-state index contributed by atoms with van der Waals surface area (Å²) in [6.45, 7) is -0.343. The van der Waals surface area contributed by atoms with Crippen molar-refractivity contribution in [3.8, 4) is 22.6 Å². The molecule has 0 spiro atoms. The van der Waals surface area contributed by atoms with E-state index in [9.17, 15) is 22.8 Å². The Morgan fingerprint density at radius 1 is 0.865 bits per heavy atom. The van der Waals surface area contributed by atoms with Gasteiger partial charge in [-0.2, -0.15) is 13.2 Å². The van der Waals surface area contributed by atoms with Crippen molar-refractivity contribution in [3.63, 3.8) is 0 Å². The predicted octanol–water partition coefficient (Wildman–Crippen LogP) is 6.90. The van der Waals surface area contributed by atoms with Crippen LogP contribution in [0, 0.1) is 0 Å². The van der Waals surface area contributed by atoms with Crippen LogP contribution in [0.15, 0.2) is 94.1 Å². The smallest absolute Gasteiger partial charge is 0.450 e. The third kappa shape index (κ3) is 4.78. The SMILES string of the molecule is COc1ccc(-c2c(C(F)(F)F)oc3cc(OCC(=O)c4ccc5ccccc5c4)ccc3c2=O)cc1. The summed E-state index contributed by atoms with van der Waals surface area (Å²) in [5, 5.41) is 1.83. The van der Waals surface area contributed by atoms with Crippen molar-refractivity contribution in [1.29, 1.82) is 0 Å². The lowest BCUT2D eigenvalue weighted by Crippen LogP contribution is -2.16. The van der Waals surface area contributed by atoms with Gasteiger partial charge in [-0.1, -0.05) is 48.5 Å². The van der Waals surface area contributed by atoms with E-state index >= 15 is 0 Å². The van der Waals surface area contributed by atoms with Crippen LogP contribution in [0.3, 0.4) is 0 Å². The highest BCUT2D eigenvalue weighted by molar-refractivity contribution is 6.00. The van der Waals surface area contributed by atoms with E-state index in [1.54, 1.807) is 12.1 Å². The van der Waals surface area contributed by atoms with E-state index in [-0.39, 0.29) is 34.7 Å². The maximum Gasteiger partial charge on any atom is 0.450 e. The molecule has 0 saturated heterocycles. The van der Waals surface area contributed by atoms with Crippen LogP contribution in [0.4, 0.5) is 13.2 Å². The molecule has 1 aromatic heterocycles. The van der Waals surface area contributed by atoms with Crippen LogP contribution >= 0.6 is 0 Å². The number of methoxy groups -OCH3 is 1. The Morgan fingerprint density at radius 3 is 2.27 bits per heavy atom. The number of Topliss-reactive ketones (excluding diaryl/α,β-unsaturated/α-hetero) is 1. The van der Waals surface area contributed by atoms with Gasteiger partial charge in [0.05, 0.1) is 18.1 Å². The Kier molecular flexibility index (Phi) is 6.17. The standard InChI is InChI=1S/C29H19F3O5/c1-35-21-10-8-18(9-11-21)26-27(34)23-13-12-22(15-25(23)37-28(26)29(30,31)32)36-16-24(33)20-7-6-17-4-2-3-5-19(17)14-20/h2-15H,16H2,1H3. The summed E-state index contributed by atoms with van der Waals surface area (Å²) in [5.41, 5.74) is -1.25. The number of carbonyl (C=O) groups excluding carboxylic acids is 1. The molecule has 1 heterocycles. The molecule has 0 aliphatic heterocycles. The van der Waals surface area contributed by atoms with Gasteiger partial charge in [-0.25, -0.2) is 0 Å². The summed E-state index contributed by atoms with van der Waals surface area (Å²) in [5.74, 6) is -1.20. The fourth-order valence-electron chi connectivity index (χ4n) is 4.08. The maximum atomic E-state index is 13.9. The summed E-state index contributed by atoms with van der Waals surface area (Å²) in [4.78, 5) is 25.8. The molecule has 0 saturated carbocycles. The van der Waals surface area contributed by atoms with Crippen LogP contribution in [-0.4, -0.2) is 19.5 Å². The molecule has 186 valence electrons. The van der Waals surface area contributed by atoms with Gasteiger partial charge in [0.25, 0.3) is 0 Å². The number of hydrogen-bond donors (Lipinski definition) is 0. The van der Waals surface area contributed by atoms with Crippen LogP contribution in [-0.2, 0) is 6.18 Å². The third-order valence-electron chi connectivity index (χ3n) is 5.94. The predicted molar refractivity (Wildman–Crippen MR) is 133 cm³/mol. The minimum Gasteiger partial charge on any atom is -0.497 e. The largest absolute Gasteiger partial charge is 0.497 e. The molecular formula is C29H19F3O5. The van der Waals surface area contributed by atoms with Gasteiger partial charge in [-0.15, -0.1) is 0 Å². The summed E-state index contributed by atoms with van der Waals surface area (Å²) < 4.78 is 57.5. The van der Waals surface area contributed by atoms with Crippen molar-refractivity contribution in [2.24, 2.45) is 0 Å². The molecule has 0 aliphatic carbocycles. The molecule has 5 nitrogen and oxygen atoms in total. The molecule has 0 atom stereocenters. The van der Waals surface area contributed by atoms with Gasteiger partial charge in [0, 0.05) is 11.6 Å². The molecule has 0 radical (unpaired) electrons. The number of alkyl halides is 3. The van der Waals surface area contributed by atoms with Crippen LogP contribution in [0.2, 0.25) is 0 Å². The van der Waals surface area contributed by atoms with Gasteiger partial charge in [-0.05, 0) is 46.7 Å². The monoisotopic (exact) mass is 504 g/mol. The molecule has 0 bridgehead atoms. The first-order valence-corrected chi connectivity index (χ1v) is 11.2. The molecule has 0 fully saturated rings. The average Bonchev–Trinajstić information content (AvgIpc) is 2.90. The number of ether oxygens (including phenoxy) is 2. The van der Waals surface area contributed by atoms with Crippen molar-refractivity contribution in [2.75, 3.05) is 13.7 Å². The van der Waals surface area contributed by atoms with Crippen LogP contribution in [0.5, 0.6) is 11.5 Å². The lowest BCUT2D eigenvalue weighted by Gasteiger charge is -2.14. The van der Waals surface area contributed by atoms with Crippen molar-refractivity contribution in [1.82, 2.24) is 0 Å². The van der Waals surface area contributed by atoms with E-state index in [2.05, 4.69) is 0 Å². The van der Waals surface area contributed by atoms with E-state index in [0.29, 0.717) is 11.3 Å². The number of fused-ring (bicyclic) bond motifs is 2. The normalized spacial score (nSPS) is 11.6. The molecule has 5 aromatic rings. The minimum atomic E-state index is -4.93. The first kappa shape index (κ1) is 24.1. The number of halogens is 3. The zero-order valence-corrected chi connectivity index (χ0v) is 19.5. The van der Waals surface area contributed by atoms with E-state index in [1.807, 2.05) is 30.3 Å². The Morgan fingerprint density at radius 2 is 1.57 bits per heavy atom. The quantitative estimate of drug-likeness (QED) is 0.235. The number of hydrogen-bond acceptors (Lipinski definition) is 5. The Bertz CT molecular complexity index is 1690. The topological polar surface area (TPSA) is 65.7 Å². The van der Waals surface area contributed by atoms with Gasteiger partial charge in [0.15, 0.2) is 12.4 Å². The first-order chi connectivity index (χ1) is 17.7. The number of benzene rings is 4. The fourth-order valence-corrected chi connectivity index (χ4v) is 4.08. The summed E-state index contributed by atoms with van der Waals surface area (Å²) in [6, 6.07) is 22.4. The first-order valence-electron chi connectivity index (χ1n) is 11.2. The van der Waals surface area contributed by atoms with Gasteiger partial charge in [0.1, 0.15) is 17.1 Å². The Balaban J connectivity index is 1.47. The zero-order valence-electron chi connectivity index (χ0n) is 19.5. The molecule has 8 heteroatoms. The second kappa shape index (κ2) is 9.46. The lowest BCUT2D eigenvalue weighted by molar-refractivity contribution is -0.152. The maximum absolute atomic E-state index is 13.9. The minimum absolute atomic E-state index is 0.0464. The van der Waals surface area contributed by atoms with Crippen LogP contribution in [0.25, 0.3) is 32.9 Å². The van der Waals surface area contributed by atoms with E-state index in [1.165, 1.54) is 49.6 Å². The van der Waals surface area contributed by atoms with Gasteiger partial charge in [0.2, 0.25) is 11.2 Å². The van der Waals surface area contributed by atoms with Gasteiger partial charge in [-0.3, -0.25) is 9.59 Å². The summed E-state index contributed by atoms with van der Waals surface area (Å²) in [6.07, 6.45) is -4.93. The van der Waals surface area contributed by atoms with E-state index in [4.69, 9.17) is 13.9 Å². The summed E-state index contributed by atoms with van der Waals surface area (Å²) >= 11 is 0. The summed E-state index contributed by atoms with van der Waals surface area (Å²) in [7, 11) is 1.43.